The highest BCUT2D eigenvalue weighted by atomic mass is 32.1. The van der Waals surface area contributed by atoms with Crippen molar-refractivity contribution in [3.8, 4) is 0 Å². The summed E-state index contributed by atoms with van der Waals surface area (Å²) >= 11 is 1.65. The zero-order valence-corrected chi connectivity index (χ0v) is 11.8. The number of rotatable bonds is 3. The molecular formula is C14H15N5S. The van der Waals surface area contributed by atoms with E-state index in [4.69, 9.17) is 0 Å². The van der Waals surface area contributed by atoms with Crippen molar-refractivity contribution in [3.05, 3.63) is 46.8 Å². The van der Waals surface area contributed by atoms with Gasteiger partial charge in [-0.3, -0.25) is 9.30 Å². The molecule has 4 heterocycles. The van der Waals surface area contributed by atoms with Crippen molar-refractivity contribution in [2.75, 3.05) is 6.54 Å². The lowest BCUT2D eigenvalue weighted by Crippen LogP contribution is -2.24. The summed E-state index contributed by atoms with van der Waals surface area (Å²) < 4.78 is 2.10. The molecule has 4 rings (SSSR count). The third kappa shape index (κ3) is 2.01. The highest BCUT2D eigenvalue weighted by molar-refractivity contribution is 7.07. The average Bonchev–Trinajstić information content (AvgIpc) is 3.19. The van der Waals surface area contributed by atoms with Crippen LogP contribution in [0.3, 0.4) is 0 Å². The van der Waals surface area contributed by atoms with E-state index in [1.165, 1.54) is 6.42 Å². The minimum absolute atomic E-state index is 0.342. The molecule has 1 aliphatic heterocycles. The Morgan fingerprint density at radius 3 is 3.20 bits per heavy atom. The van der Waals surface area contributed by atoms with Crippen LogP contribution in [0.25, 0.3) is 5.65 Å². The largest absolute Gasteiger partial charge is 0.287 e. The fourth-order valence-corrected chi connectivity index (χ4v) is 3.47. The van der Waals surface area contributed by atoms with Crippen LogP contribution in [0.15, 0.2) is 35.3 Å². The molecule has 20 heavy (non-hydrogen) atoms. The van der Waals surface area contributed by atoms with E-state index in [-0.39, 0.29) is 0 Å². The summed E-state index contributed by atoms with van der Waals surface area (Å²) in [5.41, 5.74) is 3.96. The molecule has 0 saturated carbocycles. The maximum atomic E-state index is 4.41. The summed E-state index contributed by atoms with van der Waals surface area (Å²) in [5.74, 6) is 1.05. The van der Waals surface area contributed by atoms with Crippen LogP contribution in [0.5, 0.6) is 0 Å². The van der Waals surface area contributed by atoms with Crippen molar-refractivity contribution in [1.82, 2.24) is 24.5 Å². The first-order valence-electron chi connectivity index (χ1n) is 6.82. The summed E-state index contributed by atoms with van der Waals surface area (Å²) in [5, 5.41) is 10.8. The molecule has 1 aliphatic rings. The number of aromatic nitrogens is 4. The van der Waals surface area contributed by atoms with Crippen LogP contribution < -0.4 is 0 Å². The van der Waals surface area contributed by atoms with E-state index < -0.39 is 0 Å². The Morgan fingerprint density at radius 1 is 1.30 bits per heavy atom. The van der Waals surface area contributed by atoms with E-state index in [1.807, 2.05) is 29.9 Å². The molecule has 0 radical (unpaired) electrons. The first-order valence-corrected chi connectivity index (χ1v) is 7.77. The Kier molecular flexibility index (Phi) is 2.97. The molecule has 0 aliphatic carbocycles. The Morgan fingerprint density at radius 2 is 2.30 bits per heavy atom. The summed E-state index contributed by atoms with van der Waals surface area (Å²) in [4.78, 5) is 6.85. The Bertz CT molecular complexity index is 705. The van der Waals surface area contributed by atoms with Gasteiger partial charge in [0.25, 0.3) is 0 Å². The molecule has 5 nitrogen and oxygen atoms in total. The molecule has 6 heteroatoms. The van der Waals surface area contributed by atoms with Gasteiger partial charge < -0.3 is 0 Å². The molecular weight excluding hydrogens is 270 g/mol. The minimum Gasteiger partial charge on any atom is -0.287 e. The normalized spacial score (nSPS) is 19.9. The number of likely N-dealkylation sites (tertiary alicyclic amines) is 1. The number of hydrogen-bond donors (Lipinski definition) is 0. The van der Waals surface area contributed by atoms with E-state index in [9.17, 15) is 0 Å². The van der Waals surface area contributed by atoms with Gasteiger partial charge >= 0.3 is 0 Å². The Balaban J connectivity index is 1.66. The van der Waals surface area contributed by atoms with Crippen molar-refractivity contribution in [1.29, 1.82) is 0 Å². The highest BCUT2D eigenvalue weighted by Gasteiger charge is 2.30. The van der Waals surface area contributed by atoms with Gasteiger partial charge in [-0.05, 0) is 31.5 Å². The van der Waals surface area contributed by atoms with E-state index >= 15 is 0 Å². The fourth-order valence-electron chi connectivity index (χ4n) is 2.92. The van der Waals surface area contributed by atoms with Gasteiger partial charge in [-0.25, -0.2) is 4.98 Å². The molecule has 3 aromatic heterocycles. The topological polar surface area (TPSA) is 46.3 Å². The second-order valence-electron chi connectivity index (χ2n) is 5.10. The van der Waals surface area contributed by atoms with Gasteiger partial charge in [0, 0.05) is 18.1 Å². The SMILES string of the molecule is c1ccn2c([C@H]3CCCN3Cc3cscn3)nnc2c1. The first-order chi connectivity index (χ1) is 9.92. The maximum Gasteiger partial charge on any atom is 0.160 e. The van der Waals surface area contributed by atoms with E-state index in [1.54, 1.807) is 11.3 Å². The number of nitrogens with zero attached hydrogens (tertiary/aromatic N) is 5. The molecule has 102 valence electrons. The van der Waals surface area contributed by atoms with Crippen molar-refractivity contribution >= 4 is 17.0 Å². The monoisotopic (exact) mass is 285 g/mol. The maximum absolute atomic E-state index is 4.41. The van der Waals surface area contributed by atoms with Gasteiger partial charge in [-0.15, -0.1) is 21.5 Å². The number of hydrogen-bond acceptors (Lipinski definition) is 5. The van der Waals surface area contributed by atoms with Gasteiger partial charge in [0.2, 0.25) is 0 Å². The smallest absolute Gasteiger partial charge is 0.160 e. The lowest BCUT2D eigenvalue weighted by atomic mass is 10.2. The highest BCUT2D eigenvalue weighted by Crippen LogP contribution is 2.32. The third-order valence-corrected chi connectivity index (χ3v) is 4.49. The standard InChI is InChI=1S/C14H15N5S/c1-2-7-19-13(5-1)16-17-14(19)12-4-3-6-18(12)8-11-9-20-10-15-11/h1-2,5,7,9-10,12H,3-4,6,8H2/t12-/m1/s1. The van der Waals surface area contributed by atoms with Crippen LogP contribution in [-0.2, 0) is 6.54 Å². The van der Waals surface area contributed by atoms with E-state index in [0.29, 0.717) is 6.04 Å². The van der Waals surface area contributed by atoms with E-state index in [0.717, 1.165) is 36.7 Å². The van der Waals surface area contributed by atoms with Crippen LogP contribution in [0, 0.1) is 0 Å². The molecule has 0 bridgehead atoms. The second-order valence-corrected chi connectivity index (χ2v) is 5.81. The van der Waals surface area contributed by atoms with Crippen LogP contribution in [0.2, 0.25) is 0 Å². The quantitative estimate of drug-likeness (QED) is 0.742. The number of thiazole rings is 1. The molecule has 3 aromatic rings. The van der Waals surface area contributed by atoms with Gasteiger partial charge in [0.15, 0.2) is 11.5 Å². The molecule has 0 unspecified atom stereocenters. The van der Waals surface area contributed by atoms with Crippen LogP contribution in [-0.4, -0.2) is 31.0 Å². The van der Waals surface area contributed by atoms with Crippen LogP contribution in [0.4, 0.5) is 0 Å². The summed E-state index contributed by atoms with van der Waals surface area (Å²) in [7, 11) is 0. The van der Waals surface area contributed by atoms with Crippen molar-refractivity contribution in [3.63, 3.8) is 0 Å². The van der Waals surface area contributed by atoms with Gasteiger partial charge in [-0.1, -0.05) is 6.07 Å². The summed E-state index contributed by atoms with van der Waals surface area (Å²) in [6, 6.07) is 6.36. The molecule has 0 aromatic carbocycles. The third-order valence-electron chi connectivity index (χ3n) is 3.85. The number of pyridine rings is 1. The van der Waals surface area contributed by atoms with Crippen molar-refractivity contribution < 1.29 is 0 Å². The van der Waals surface area contributed by atoms with Crippen molar-refractivity contribution in [2.24, 2.45) is 0 Å². The second kappa shape index (κ2) is 4.96. The van der Waals surface area contributed by atoms with Crippen LogP contribution >= 0.6 is 11.3 Å². The van der Waals surface area contributed by atoms with Crippen LogP contribution in [0.1, 0.15) is 30.4 Å². The summed E-state index contributed by atoms with van der Waals surface area (Å²) in [6.45, 7) is 2.00. The lowest BCUT2D eigenvalue weighted by Gasteiger charge is -2.22. The number of fused-ring (bicyclic) bond motifs is 1. The predicted octanol–water partition coefficient (Wildman–Crippen LogP) is 2.52. The molecule has 1 atom stereocenters. The Labute approximate surface area is 120 Å². The Hall–Kier alpha value is -1.79. The zero-order chi connectivity index (χ0) is 13.4. The molecule has 1 fully saturated rings. The zero-order valence-electron chi connectivity index (χ0n) is 11.0. The summed E-state index contributed by atoms with van der Waals surface area (Å²) in [6.07, 6.45) is 4.39. The van der Waals surface area contributed by atoms with Crippen molar-refractivity contribution in [2.45, 2.75) is 25.4 Å². The lowest BCUT2D eigenvalue weighted by molar-refractivity contribution is 0.236. The molecule has 0 N–H and O–H groups in total. The predicted molar refractivity (Wildman–Crippen MR) is 77.5 cm³/mol. The van der Waals surface area contributed by atoms with Gasteiger partial charge in [-0.2, -0.15) is 0 Å². The molecule has 1 saturated heterocycles. The molecule has 0 spiro atoms. The van der Waals surface area contributed by atoms with Gasteiger partial charge in [0.1, 0.15) is 0 Å². The first kappa shape index (κ1) is 12.0. The average molecular weight is 285 g/mol. The van der Waals surface area contributed by atoms with Gasteiger partial charge in [0.05, 0.1) is 17.2 Å². The minimum atomic E-state index is 0.342. The van der Waals surface area contributed by atoms with E-state index in [2.05, 4.69) is 29.9 Å². The fraction of sp³-hybridized carbons (Fsp3) is 0.357. The molecule has 0 amide bonds.